The van der Waals surface area contributed by atoms with Crippen LogP contribution >= 0.6 is 0 Å². The number of nitrogens with zero attached hydrogens (tertiary/aromatic N) is 1. The Hall–Kier alpha value is -0.830. The van der Waals surface area contributed by atoms with Crippen molar-refractivity contribution >= 4 is 5.97 Å². The number of ether oxygens (including phenoxy) is 1. The molecule has 0 spiro atoms. The molecule has 0 bridgehead atoms. The topological polar surface area (TPSA) is 26.3 Å². The second kappa shape index (κ2) is 5.48. The van der Waals surface area contributed by atoms with E-state index in [1.54, 1.807) is 6.92 Å². The Morgan fingerprint density at radius 1 is 1.31 bits per heavy atom. The van der Waals surface area contributed by atoms with E-state index in [9.17, 15) is 4.79 Å². The van der Waals surface area contributed by atoms with E-state index in [1.807, 2.05) is 0 Å². The largest absolute Gasteiger partial charge is 0.462 e. The summed E-state index contributed by atoms with van der Waals surface area (Å²) in [6.07, 6.45) is 0.878. The van der Waals surface area contributed by atoms with Gasteiger partial charge in [-0.05, 0) is 27.7 Å². The predicted octanol–water partition coefficient (Wildman–Crippen LogP) is 2.37. The molecule has 0 aromatic rings. The van der Waals surface area contributed by atoms with Gasteiger partial charge in [0.2, 0.25) is 0 Å². The summed E-state index contributed by atoms with van der Waals surface area (Å²) in [5.74, 6) is -0.291. The Balaban J connectivity index is 3.92. The maximum Gasteiger partial charge on any atom is 0.333 e. The number of esters is 1. The van der Waals surface area contributed by atoms with Crippen molar-refractivity contribution in [2.24, 2.45) is 0 Å². The molecule has 0 saturated carbocycles. The van der Waals surface area contributed by atoms with Crippen molar-refractivity contribution in [2.45, 2.75) is 39.7 Å². The Morgan fingerprint density at radius 3 is 2.19 bits per heavy atom. The Morgan fingerprint density at radius 2 is 1.81 bits per heavy atom. The molecule has 0 aromatic heterocycles. The van der Waals surface area contributed by atoms with Crippen LogP contribution in [-0.2, 0) is 9.53 Å². The molecule has 0 aromatic carbocycles. The average Bonchev–Trinajstić information content (AvgIpc) is 2.09. The normalized spacial score (nSPS) is 12.4. The maximum atomic E-state index is 11.1. The summed E-state index contributed by atoms with van der Waals surface area (Å²) in [5, 5.41) is 0. The van der Waals surface area contributed by atoms with Crippen molar-refractivity contribution in [1.29, 1.82) is 0 Å². The molecule has 3 heteroatoms. The zero-order valence-corrected chi connectivity index (χ0v) is 11.6. The fourth-order valence-electron chi connectivity index (χ4n) is 1.08. The van der Waals surface area contributed by atoms with Gasteiger partial charge in [-0.15, -0.1) is 0 Å². The van der Waals surface area contributed by atoms with Crippen LogP contribution in [0.2, 0.25) is 0 Å². The van der Waals surface area contributed by atoms with Crippen molar-refractivity contribution in [3.63, 3.8) is 0 Å². The number of rotatable bonds is 5. The Kier molecular flexibility index (Phi) is 5.20. The average molecular weight is 228 g/mol. The van der Waals surface area contributed by atoms with E-state index in [2.05, 4.69) is 41.4 Å². The molecule has 0 atom stereocenters. The van der Waals surface area contributed by atoms with E-state index >= 15 is 0 Å². The van der Waals surface area contributed by atoms with Gasteiger partial charge in [0.15, 0.2) is 0 Å². The van der Waals surface area contributed by atoms with Gasteiger partial charge in [-0.1, -0.05) is 6.58 Å². The lowest BCUT2D eigenvalue weighted by molar-refractivity contribution is -0.935. The van der Waals surface area contributed by atoms with Gasteiger partial charge in [0.25, 0.3) is 0 Å². The molecule has 0 radical (unpaired) electrons. The van der Waals surface area contributed by atoms with E-state index in [4.69, 9.17) is 4.74 Å². The van der Waals surface area contributed by atoms with Crippen LogP contribution < -0.4 is 0 Å². The minimum atomic E-state index is -0.291. The predicted molar refractivity (Wildman–Crippen MR) is 67.1 cm³/mol. The van der Waals surface area contributed by atoms with Crippen molar-refractivity contribution in [1.82, 2.24) is 0 Å². The third-order valence-corrected chi connectivity index (χ3v) is 3.26. The van der Waals surface area contributed by atoms with Crippen LogP contribution in [0.1, 0.15) is 34.1 Å². The van der Waals surface area contributed by atoms with Crippen molar-refractivity contribution in [3.8, 4) is 0 Å². The zero-order valence-electron chi connectivity index (χ0n) is 11.6. The molecule has 0 N–H and O–H groups in total. The highest BCUT2D eigenvalue weighted by Gasteiger charge is 2.30. The van der Waals surface area contributed by atoms with Crippen LogP contribution in [-0.4, -0.2) is 43.2 Å². The minimum Gasteiger partial charge on any atom is -0.462 e. The third-order valence-electron chi connectivity index (χ3n) is 3.26. The van der Waals surface area contributed by atoms with E-state index in [0.29, 0.717) is 12.2 Å². The van der Waals surface area contributed by atoms with Crippen LogP contribution in [0, 0.1) is 0 Å². The highest BCUT2D eigenvalue weighted by molar-refractivity contribution is 5.86. The van der Waals surface area contributed by atoms with Crippen LogP contribution in [0.3, 0.4) is 0 Å². The number of hydrogen-bond acceptors (Lipinski definition) is 2. The number of carbonyl (C=O) groups is 1. The molecule has 3 nitrogen and oxygen atoms in total. The SMILES string of the molecule is C=C(C)C(=O)OCCC[N+](C)(C)C(C)(C)C. The lowest BCUT2D eigenvalue weighted by Gasteiger charge is -2.42. The third kappa shape index (κ3) is 4.79. The maximum absolute atomic E-state index is 11.1. The molecule has 16 heavy (non-hydrogen) atoms. The van der Waals surface area contributed by atoms with E-state index < -0.39 is 0 Å². The van der Waals surface area contributed by atoms with Crippen molar-refractivity contribution < 1.29 is 14.0 Å². The Bertz CT molecular complexity index is 262. The standard InChI is InChI=1S/C13H26NO2/c1-11(2)12(15)16-10-8-9-14(6,7)13(3,4)5/h1,8-10H2,2-7H3/q+1. The summed E-state index contributed by atoms with van der Waals surface area (Å²) in [4.78, 5) is 11.1. The lowest BCUT2D eigenvalue weighted by Crippen LogP contribution is -2.54. The molecule has 0 aliphatic carbocycles. The summed E-state index contributed by atoms with van der Waals surface area (Å²) in [6.45, 7) is 13.3. The minimum absolute atomic E-state index is 0.207. The highest BCUT2D eigenvalue weighted by Crippen LogP contribution is 2.19. The van der Waals surface area contributed by atoms with Gasteiger partial charge in [-0.3, -0.25) is 0 Å². The fraction of sp³-hybridized carbons (Fsp3) is 0.769. The summed E-state index contributed by atoms with van der Waals surface area (Å²) in [6, 6.07) is 0. The first-order valence-corrected chi connectivity index (χ1v) is 5.73. The van der Waals surface area contributed by atoms with Gasteiger partial charge < -0.3 is 9.22 Å². The molecule has 0 heterocycles. The first kappa shape index (κ1) is 15.2. The second-order valence-corrected chi connectivity index (χ2v) is 5.85. The molecule has 94 valence electrons. The summed E-state index contributed by atoms with van der Waals surface area (Å²) < 4.78 is 5.98. The molecule has 0 rings (SSSR count). The van der Waals surface area contributed by atoms with Crippen molar-refractivity contribution in [3.05, 3.63) is 12.2 Å². The summed E-state index contributed by atoms with van der Waals surface area (Å²) >= 11 is 0. The molecular weight excluding hydrogens is 202 g/mol. The van der Waals surface area contributed by atoms with Gasteiger partial charge in [0, 0.05) is 12.0 Å². The van der Waals surface area contributed by atoms with Crippen LogP contribution in [0.15, 0.2) is 12.2 Å². The highest BCUT2D eigenvalue weighted by atomic mass is 16.5. The van der Waals surface area contributed by atoms with Gasteiger partial charge in [-0.2, -0.15) is 0 Å². The molecule has 0 unspecified atom stereocenters. The van der Waals surface area contributed by atoms with Gasteiger partial charge in [0.05, 0.1) is 32.8 Å². The molecule has 0 amide bonds. The first-order chi connectivity index (χ1) is 7.08. The van der Waals surface area contributed by atoms with Gasteiger partial charge in [-0.25, -0.2) is 4.79 Å². The quantitative estimate of drug-likeness (QED) is 0.312. The zero-order chi connectivity index (χ0) is 13.0. The molecular formula is C13H26NO2+. The monoisotopic (exact) mass is 228 g/mol. The van der Waals surface area contributed by atoms with E-state index in [1.165, 1.54) is 0 Å². The van der Waals surface area contributed by atoms with Crippen LogP contribution in [0.4, 0.5) is 0 Å². The van der Waals surface area contributed by atoms with Crippen LogP contribution in [0.5, 0.6) is 0 Å². The van der Waals surface area contributed by atoms with E-state index in [-0.39, 0.29) is 11.5 Å². The number of carbonyl (C=O) groups excluding carboxylic acids is 1. The summed E-state index contributed by atoms with van der Waals surface area (Å²) in [5.41, 5.74) is 0.669. The fourth-order valence-corrected chi connectivity index (χ4v) is 1.08. The number of quaternary nitrogens is 1. The number of hydrogen-bond donors (Lipinski definition) is 0. The van der Waals surface area contributed by atoms with Gasteiger partial charge in [0.1, 0.15) is 0 Å². The lowest BCUT2D eigenvalue weighted by atomic mass is 10.0. The second-order valence-electron chi connectivity index (χ2n) is 5.85. The molecule has 0 aliphatic rings. The Labute approximate surface area is 99.7 Å². The first-order valence-electron chi connectivity index (χ1n) is 5.73. The van der Waals surface area contributed by atoms with Crippen LogP contribution in [0.25, 0.3) is 0 Å². The molecule has 0 fully saturated rings. The summed E-state index contributed by atoms with van der Waals surface area (Å²) in [7, 11) is 4.39. The van der Waals surface area contributed by atoms with Crippen molar-refractivity contribution in [2.75, 3.05) is 27.2 Å². The van der Waals surface area contributed by atoms with Gasteiger partial charge >= 0.3 is 5.97 Å². The van der Waals surface area contributed by atoms with E-state index in [0.717, 1.165) is 17.4 Å². The molecule has 0 saturated heterocycles. The molecule has 0 aliphatic heterocycles. The smallest absolute Gasteiger partial charge is 0.333 e.